The van der Waals surface area contributed by atoms with Crippen molar-refractivity contribution in [3.63, 3.8) is 0 Å². The summed E-state index contributed by atoms with van der Waals surface area (Å²) in [5.74, 6) is -0.443. The molecule has 20 heavy (non-hydrogen) atoms. The van der Waals surface area contributed by atoms with Crippen LogP contribution in [0.2, 0.25) is 10.0 Å². The maximum Gasteiger partial charge on any atom is 0.414 e. The third-order valence-electron chi connectivity index (χ3n) is 2.45. The second-order valence-corrected chi connectivity index (χ2v) is 4.64. The van der Waals surface area contributed by atoms with E-state index in [1.165, 1.54) is 31.3 Å². The predicted octanol–water partition coefficient (Wildman–Crippen LogP) is 3.94. The zero-order valence-electron chi connectivity index (χ0n) is 10.9. The molecule has 0 aliphatic rings. The van der Waals surface area contributed by atoms with E-state index in [4.69, 9.17) is 27.9 Å². The summed E-state index contributed by atoms with van der Waals surface area (Å²) in [6.45, 7) is 7.06. The number of allylic oxidation sites excluding steroid dienone is 1. The molecule has 0 spiro atoms. The van der Waals surface area contributed by atoms with Crippen LogP contribution in [0.15, 0.2) is 43.1 Å². The van der Waals surface area contributed by atoms with Gasteiger partial charge in [-0.05, 0) is 18.2 Å². The van der Waals surface area contributed by atoms with Crippen LogP contribution in [0.1, 0.15) is 10.4 Å². The second kappa shape index (κ2) is 7.12. The summed E-state index contributed by atoms with van der Waals surface area (Å²) in [6.07, 6.45) is 0.735. The van der Waals surface area contributed by atoms with Gasteiger partial charge in [0.1, 0.15) is 6.61 Å². The highest BCUT2D eigenvalue weighted by atomic mass is 35.5. The molecule has 0 unspecified atom stereocenters. The minimum Gasteiger partial charge on any atom is -0.445 e. The lowest BCUT2D eigenvalue weighted by Crippen LogP contribution is -2.30. The smallest absolute Gasteiger partial charge is 0.414 e. The Hall–Kier alpha value is -1.78. The highest BCUT2D eigenvalue weighted by Gasteiger charge is 2.20. The highest BCUT2D eigenvalue weighted by Crippen LogP contribution is 2.24. The molecule has 4 nitrogen and oxygen atoms in total. The molecular weight excluding hydrogens is 301 g/mol. The number of ketones is 1. The standard InChI is InChI=1S/C14H13Cl2NO3/c1-4-7-20-14(19)17(3)9(2)13(18)10-5-6-11(15)12(16)8-10/h4-6,8H,1-2,7H2,3H3. The summed E-state index contributed by atoms with van der Waals surface area (Å²) in [5, 5.41) is 0.592. The number of amides is 1. The van der Waals surface area contributed by atoms with Crippen molar-refractivity contribution >= 4 is 35.1 Å². The molecule has 1 rings (SSSR count). The molecule has 1 aromatic carbocycles. The van der Waals surface area contributed by atoms with Crippen molar-refractivity contribution in [2.75, 3.05) is 13.7 Å². The molecule has 0 N–H and O–H groups in total. The fourth-order valence-electron chi connectivity index (χ4n) is 1.29. The largest absolute Gasteiger partial charge is 0.445 e. The molecule has 0 saturated heterocycles. The van der Waals surface area contributed by atoms with Gasteiger partial charge in [-0.25, -0.2) is 4.79 Å². The number of carbonyl (C=O) groups is 2. The van der Waals surface area contributed by atoms with Crippen molar-refractivity contribution < 1.29 is 14.3 Å². The van der Waals surface area contributed by atoms with Crippen LogP contribution in [0, 0.1) is 0 Å². The SMILES string of the molecule is C=CCOC(=O)N(C)C(=C)C(=O)c1ccc(Cl)c(Cl)c1. The van der Waals surface area contributed by atoms with Crippen molar-refractivity contribution in [1.29, 1.82) is 0 Å². The molecule has 6 heteroatoms. The van der Waals surface area contributed by atoms with Gasteiger partial charge >= 0.3 is 6.09 Å². The number of hydrogen-bond acceptors (Lipinski definition) is 3. The van der Waals surface area contributed by atoms with E-state index in [0.29, 0.717) is 5.02 Å². The molecule has 0 bridgehead atoms. The summed E-state index contributed by atoms with van der Waals surface area (Å²) < 4.78 is 4.81. The first-order valence-corrected chi connectivity index (χ1v) is 6.34. The van der Waals surface area contributed by atoms with Gasteiger partial charge in [0, 0.05) is 12.6 Å². The lowest BCUT2D eigenvalue weighted by atomic mass is 10.1. The van der Waals surface area contributed by atoms with Gasteiger partial charge < -0.3 is 4.74 Å². The van der Waals surface area contributed by atoms with Gasteiger partial charge in [0.2, 0.25) is 5.78 Å². The van der Waals surface area contributed by atoms with Crippen LogP contribution in [-0.2, 0) is 4.74 Å². The van der Waals surface area contributed by atoms with E-state index >= 15 is 0 Å². The number of halogens is 2. The molecule has 1 amide bonds. The first kappa shape index (κ1) is 16.3. The maximum absolute atomic E-state index is 12.2. The molecular formula is C14H13Cl2NO3. The fourth-order valence-corrected chi connectivity index (χ4v) is 1.59. The van der Waals surface area contributed by atoms with Crippen LogP contribution in [0.3, 0.4) is 0 Å². The van der Waals surface area contributed by atoms with E-state index in [1.807, 2.05) is 0 Å². The summed E-state index contributed by atoms with van der Waals surface area (Å²) in [7, 11) is 1.39. The zero-order chi connectivity index (χ0) is 15.3. The second-order valence-electron chi connectivity index (χ2n) is 3.83. The molecule has 0 heterocycles. The van der Waals surface area contributed by atoms with Crippen LogP contribution in [-0.4, -0.2) is 30.4 Å². The lowest BCUT2D eigenvalue weighted by Gasteiger charge is -2.18. The zero-order valence-corrected chi connectivity index (χ0v) is 12.4. The Kier molecular flexibility index (Phi) is 5.80. The first-order chi connectivity index (χ1) is 9.38. The molecule has 0 aliphatic heterocycles. The number of carbonyl (C=O) groups excluding carboxylic acids is 2. The minimum atomic E-state index is -0.691. The molecule has 106 valence electrons. The maximum atomic E-state index is 12.2. The molecule has 0 radical (unpaired) electrons. The molecule has 0 aromatic heterocycles. The van der Waals surface area contributed by atoms with Crippen LogP contribution >= 0.6 is 23.2 Å². The highest BCUT2D eigenvalue weighted by molar-refractivity contribution is 6.42. The number of ether oxygens (including phenoxy) is 1. The van der Waals surface area contributed by atoms with E-state index in [0.717, 1.165) is 4.90 Å². The average molecular weight is 314 g/mol. The average Bonchev–Trinajstić information content (AvgIpc) is 2.45. The van der Waals surface area contributed by atoms with E-state index in [-0.39, 0.29) is 22.9 Å². The quantitative estimate of drug-likeness (QED) is 0.470. The van der Waals surface area contributed by atoms with Crippen molar-refractivity contribution in [1.82, 2.24) is 4.90 Å². The van der Waals surface area contributed by atoms with Gasteiger partial charge in [0.15, 0.2) is 0 Å². The summed E-state index contributed by atoms with van der Waals surface area (Å²) >= 11 is 11.6. The third-order valence-corrected chi connectivity index (χ3v) is 3.19. The number of rotatable bonds is 5. The minimum absolute atomic E-state index is 0.0301. The monoisotopic (exact) mass is 313 g/mol. The third kappa shape index (κ3) is 3.85. The van der Waals surface area contributed by atoms with Crippen LogP contribution in [0.25, 0.3) is 0 Å². The Morgan fingerprint density at radius 3 is 2.55 bits per heavy atom. The van der Waals surface area contributed by atoms with Gasteiger partial charge in [-0.2, -0.15) is 0 Å². The van der Waals surface area contributed by atoms with Crippen LogP contribution in [0.4, 0.5) is 4.79 Å². The number of Topliss-reactive ketones (excluding diaryl/α,β-unsaturated/α-hetero) is 1. The van der Waals surface area contributed by atoms with Crippen molar-refractivity contribution in [2.45, 2.75) is 0 Å². The molecule has 0 aliphatic carbocycles. The Balaban J connectivity index is 2.85. The summed E-state index contributed by atoms with van der Waals surface area (Å²) in [6, 6.07) is 4.42. The first-order valence-electron chi connectivity index (χ1n) is 5.58. The Bertz CT molecular complexity index is 570. The Morgan fingerprint density at radius 2 is 2.00 bits per heavy atom. The van der Waals surface area contributed by atoms with E-state index in [2.05, 4.69) is 13.2 Å². The lowest BCUT2D eigenvalue weighted by molar-refractivity contribution is 0.0965. The number of hydrogen-bond donors (Lipinski definition) is 0. The number of benzene rings is 1. The van der Waals surface area contributed by atoms with Crippen molar-refractivity contribution in [3.8, 4) is 0 Å². The normalized spacial score (nSPS) is 9.75. The van der Waals surface area contributed by atoms with Gasteiger partial charge in [-0.3, -0.25) is 9.69 Å². The van der Waals surface area contributed by atoms with Crippen molar-refractivity contribution in [2.24, 2.45) is 0 Å². The molecule has 0 fully saturated rings. The molecule has 1 aromatic rings. The van der Waals surface area contributed by atoms with Crippen LogP contribution in [0.5, 0.6) is 0 Å². The fraction of sp³-hybridized carbons (Fsp3) is 0.143. The Morgan fingerprint density at radius 1 is 1.35 bits per heavy atom. The van der Waals surface area contributed by atoms with Gasteiger partial charge in [0.05, 0.1) is 15.7 Å². The number of nitrogens with zero attached hydrogens (tertiary/aromatic N) is 1. The van der Waals surface area contributed by atoms with Crippen molar-refractivity contribution in [3.05, 3.63) is 58.7 Å². The van der Waals surface area contributed by atoms with E-state index < -0.39 is 11.9 Å². The van der Waals surface area contributed by atoms with E-state index in [9.17, 15) is 9.59 Å². The van der Waals surface area contributed by atoms with E-state index in [1.54, 1.807) is 0 Å². The summed E-state index contributed by atoms with van der Waals surface area (Å²) in [4.78, 5) is 24.8. The van der Waals surface area contributed by atoms with Gasteiger partial charge in [0.25, 0.3) is 0 Å². The molecule has 0 saturated carbocycles. The number of likely N-dealkylation sites (N-methyl/N-ethyl adjacent to an activating group) is 1. The van der Waals surface area contributed by atoms with Crippen LogP contribution < -0.4 is 0 Å². The Labute approximate surface area is 127 Å². The van der Waals surface area contributed by atoms with Gasteiger partial charge in [-0.1, -0.05) is 42.4 Å². The van der Waals surface area contributed by atoms with Gasteiger partial charge in [-0.15, -0.1) is 0 Å². The topological polar surface area (TPSA) is 46.6 Å². The summed E-state index contributed by atoms with van der Waals surface area (Å²) in [5.41, 5.74) is 0.255. The molecule has 0 atom stereocenters. The predicted molar refractivity (Wildman–Crippen MR) is 79.2 cm³/mol.